The molecule has 0 aliphatic carbocycles. The first-order valence-electron chi connectivity index (χ1n) is 6.46. The van der Waals surface area contributed by atoms with Crippen molar-refractivity contribution in [3.05, 3.63) is 23.8 Å². The molecule has 106 valence electrons. The van der Waals surface area contributed by atoms with Crippen molar-refractivity contribution in [2.75, 3.05) is 26.2 Å². The fourth-order valence-electron chi connectivity index (χ4n) is 1.84. The number of aromatic hydroxyl groups is 2. The molecular weight excluding hydrogens is 246 g/mol. The Hall–Kier alpha value is -1.59. The highest BCUT2D eigenvalue weighted by molar-refractivity contribution is 6.00. The Morgan fingerprint density at radius 2 is 2.00 bits per heavy atom. The van der Waals surface area contributed by atoms with Crippen LogP contribution in [0.25, 0.3) is 0 Å². The van der Waals surface area contributed by atoms with Crippen LogP contribution in [0.5, 0.6) is 11.5 Å². The number of ketones is 1. The van der Waals surface area contributed by atoms with E-state index in [1.165, 1.54) is 12.1 Å². The Morgan fingerprint density at radius 3 is 2.58 bits per heavy atom. The van der Waals surface area contributed by atoms with E-state index < -0.39 is 0 Å². The predicted octanol–water partition coefficient (Wildman–Crippen LogP) is 1.37. The molecule has 1 aromatic rings. The average Bonchev–Trinajstić information content (AvgIpc) is 2.36. The number of nitrogens with zero attached hydrogens (tertiary/aromatic N) is 1. The summed E-state index contributed by atoms with van der Waals surface area (Å²) in [5.41, 5.74) is 0.192. The molecule has 0 radical (unpaired) electrons. The van der Waals surface area contributed by atoms with Crippen LogP contribution in [-0.4, -0.2) is 52.2 Å². The lowest BCUT2D eigenvalue weighted by Crippen LogP contribution is -2.33. The number of Topliss-reactive ketones (excluding diaryl/α,β-unsaturated/α-hetero) is 1. The molecule has 0 aliphatic rings. The Labute approximate surface area is 113 Å². The standard InChI is InChI=1S/C14H21NO4/c1-2-3-6-15(7-8-16)10-14(19)12-5-4-11(17)9-13(12)18/h4-5,9,16-18H,2-3,6-8,10H2,1H3. The summed E-state index contributed by atoms with van der Waals surface area (Å²) in [7, 11) is 0. The maximum atomic E-state index is 12.1. The number of carbonyl (C=O) groups excluding carboxylic acids is 1. The van der Waals surface area contributed by atoms with E-state index in [1.54, 1.807) is 0 Å². The van der Waals surface area contributed by atoms with Gasteiger partial charge in [-0.05, 0) is 25.1 Å². The van der Waals surface area contributed by atoms with E-state index in [-0.39, 0.29) is 36.0 Å². The fourth-order valence-corrected chi connectivity index (χ4v) is 1.84. The Balaban J connectivity index is 2.69. The van der Waals surface area contributed by atoms with Crippen molar-refractivity contribution in [3.8, 4) is 11.5 Å². The zero-order chi connectivity index (χ0) is 14.3. The Bertz CT molecular complexity index is 420. The van der Waals surface area contributed by atoms with Gasteiger partial charge in [0.25, 0.3) is 0 Å². The van der Waals surface area contributed by atoms with Crippen molar-refractivity contribution in [1.29, 1.82) is 0 Å². The molecule has 5 heteroatoms. The highest BCUT2D eigenvalue weighted by Gasteiger charge is 2.15. The minimum atomic E-state index is -0.220. The molecule has 0 atom stereocenters. The zero-order valence-corrected chi connectivity index (χ0v) is 11.2. The molecule has 0 saturated carbocycles. The normalized spacial score (nSPS) is 10.9. The van der Waals surface area contributed by atoms with Gasteiger partial charge in [-0.15, -0.1) is 0 Å². The minimum Gasteiger partial charge on any atom is -0.508 e. The second-order valence-electron chi connectivity index (χ2n) is 4.48. The number of unbranched alkanes of at least 4 members (excludes halogenated alkanes) is 1. The van der Waals surface area contributed by atoms with Crippen LogP contribution >= 0.6 is 0 Å². The third-order valence-electron chi connectivity index (χ3n) is 2.89. The number of carbonyl (C=O) groups is 1. The fraction of sp³-hybridized carbons (Fsp3) is 0.500. The summed E-state index contributed by atoms with van der Waals surface area (Å²) in [5, 5.41) is 27.8. The lowest BCUT2D eigenvalue weighted by atomic mass is 10.1. The first-order valence-corrected chi connectivity index (χ1v) is 6.46. The van der Waals surface area contributed by atoms with E-state index in [0.717, 1.165) is 25.5 Å². The van der Waals surface area contributed by atoms with Crippen molar-refractivity contribution in [2.24, 2.45) is 0 Å². The third-order valence-corrected chi connectivity index (χ3v) is 2.89. The van der Waals surface area contributed by atoms with Gasteiger partial charge in [0.15, 0.2) is 5.78 Å². The number of aliphatic hydroxyl groups is 1. The SMILES string of the molecule is CCCCN(CCO)CC(=O)c1ccc(O)cc1O. The van der Waals surface area contributed by atoms with Crippen LogP contribution in [0.1, 0.15) is 30.1 Å². The van der Waals surface area contributed by atoms with Crippen LogP contribution in [-0.2, 0) is 0 Å². The van der Waals surface area contributed by atoms with Crippen molar-refractivity contribution in [1.82, 2.24) is 4.90 Å². The highest BCUT2D eigenvalue weighted by Crippen LogP contribution is 2.23. The van der Waals surface area contributed by atoms with Crippen molar-refractivity contribution < 1.29 is 20.1 Å². The molecule has 0 fully saturated rings. The van der Waals surface area contributed by atoms with E-state index in [9.17, 15) is 15.0 Å². The van der Waals surface area contributed by atoms with Gasteiger partial charge in [0.2, 0.25) is 0 Å². The van der Waals surface area contributed by atoms with Crippen LogP contribution in [0.2, 0.25) is 0 Å². The van der Waals surface area contributed by atoms with E-state index in [2.05, 4.69) is 6.92 Å². The predicted molar refractivity (Wildman–Crippen MR) is 72.5 cm³/mol. The summed E-state index contributed by atoms with van der Waals surface area (Å²) in [6, 6.07) is 3.93. The summed E-state index contributed by atoms with van der Waals surface area (Å²) in [6.45, 7) is 3.38. The Kier molecular flexibility index (Phi) is 6.32. The summed E-state index contributed by atoms with van der Waals surface area (Å²) in [4.78, 5) is 13.9. The molecule has 0 saturated heterocycles. The quantitative estimate of drug-likeness (QED) is 0.620. The number of phenolic OH excluding ortho intramolecular Hbond substituents is 2. The van der Waals surface area contributed by atoms with Crippen LogP contribution < -0.4 is 0 Å². The lowest BCUT2D eigenvalue weighted by molar-refractivity contribution is 0.0911. The molecule has 0 aliphatic heterocycles. The molecule has 0 bridgehead atoms. The van der Waals surface area contributed by atoms with Gasteiger partial charge in [0, 0.05) is 12.6 Å². The molecule has 19 heavy (non-hydrogen) atoms. The van der Waals surface area contributed by atoms with Crippen molar-refractivity contribution in [3.63, 3.8) is 0 Å². The van der Waals surface area contributed by atoms with Gasteiger partial charge in [0.05, 0.1) is 18.7 Å². The number of phenols is 2. The average molecular weight is 267 g/mol. The summed E-state index contributed by atoms with van der Waals surface area (Å²) in [6.07, 6.45) is 1.97. The summed E-state index contributed by atoms with van der Waals surface area (Å²) < 4.78 is 0. The first-order chi connectivity index (χ1) is 9.08. The maximum absolute atomic E-state index is 12.1. The molecule has 3 N–H and O–H groups in total. The maximum Gasteiger partial charge on any atom is 0.180 e. The van der Waals surface area contributed by atoms with Crippen molar-refractivity contribution >= 4 is 5.78 Å². The second-order valence-corrected chi connectivity index (χ2v) is 4.48. The molecule has 0 unspecified atom stereocenters. The molecule has 0 heterocycles. The monoisotopic (exact) mass is 267 g/mol. The van der Waals surface area contributed by atoms with Crippen LogP contribution in [0.15, 0.2) is 18.2 Å². The summed E-state index contributed by atoms with van der Waals surface area (Å²) >= 11 is 0. The van der Waals surface area contributed by atoms with Gasteiger partial charge < -0.3 is 15.3 Å². The van der Waals surface area contributed by atoms with Gasteiger partial charge in [-0.2, -0.15) is 0 Å². The number of hydrogen-bond donors (Lipinski definition) is 3. The van der Waals surface area contributed by atoms with E-state index in [0.29, 0.717) is 6.54 Å². The molecule has 0 aromatic heterocycles. The first kappa shape index (κ1) is 15.5. The van der Waals surface area contributed by atoms with Crippen LogP contribution in [0, 0.1) is 0 Å². The summed E-state index contributed by atoms with van der Waals surface area (Å²) in [5.74, 6) is -0.515. The van der Waals surface area contributed by atoms with E-state index >= 15 is 0 Å². The van der Waals surface area contributed by atoms with Gasteiger partial charge >= 0.3 is 0 Å². The molecule has 0 spiro atoms. The number of rotatable bonds is 8. The van der Waals surface area contributed by atoms with Crippen LogP contribution in [0.3, 0.4) is 0 Å². The third kappa shape index (κ3) is 4.89. The van der Waals surface area contributed by atoms with Gasteiger partial charge in [-0.3, -0.25) is 9.69 Å². The number of benzene rings is 1. The number of hydrogen-bond acceptors (Lipinski definition) is 5. The molecule has 0 amide bonds. The second kappa shape index (κ2) is 7.76. The van der Waals surface area contributed by atoms with E-state index in [4.69, 9.17) is 5.11 Å². The van der Waals surface area contributed by atoms with Crippen LogP contribution in [0.4, 0.5) is 0 Å². The minimum absolute atomic E-state index is 0.00143. The van der Waals surface area contributed by atoms with Crippen molar-refractivity contribution in [2.45, 2.75) is 19.8 Å². The van der Waals surface area contributed by atoms with Gasteiger partial charge in [0.1, 0.15) is 11.5 Å². The van der Waals surface area contributed by atoms with Gasteiger partial charge in [-0.25, -0.2) is 0 Å². The lowest BCUT2D eigenvalue weighted by Gasteiger charge is -2.20. The molecule has 1 aromatic carbocycles. The van der Waals surface area contributed by atoms with E-state index in [1.807, 2.05) is 4.90 Å². The topological polar surface area (TPSA) is 81.0 Å². The molecule has 5 nitrogen and oxygen atoms in total. The van der Waals surface area contributed by atoms with Gasteiger partial charge in [-0.1, -0.05) is 13.3 Å². The number of aliphatic hydroxyl groups excluding tert-OH is 1. The largest absolute Gasteiger partial charge is 0.508 e. The molecule has 1 rings (SSSR count). The smallest absolute Gasteiger partial charge is 0.180 e. The zero-order valence-electron chi connectivity index (χ0n) is 11.2. The highest BCUT2D eigenvalue weighted by atomic mass is 16.3. The Morgan fingerprint density at radius 1 is 1.26 bits per heavy atom. The molecular formula is C14H21NO4.